The first kappa shape index (κ1) is 30.0. The van der Waals surface area contributed by atoms with Crippen molar-refractivity contribution in [2.75, 3.05) is 11.5 Å². The number of carbonyl (C=O) groups excluding carboxylic acids is 1. The van der Waals surface area contributed by atoms with Crippen molar-refractivity contribution >= 4 is 63.1 Å². The Hall–Kier alpha value is 0.550. The molecule has 0 heterocycles. The summed E-state index contributed by atoms with van der Waals surface area (Å²) in [6.45, 7) is 5.94. The van der Waals surface area contributed by atoms with Crippen molar-refractivity contribution in [2.45, 2.75) is 42.5 Å². The molecular weight excluding hydrogens is 276 g/mol. The van der Waals surface area contributed by atoms with E-state index in [9.17, 15) is 0 Å². The number of thioether (sulfide) groups is 2. The molecule has 1 nitrogen and oxygen atoms in total. The number of carbonyl (C=O) groups is 1. The van der Waals surface area contributed by atoms with Crippen molar-refractivity contribution in [2.24, 2.45) is 0 Å². The molecule has 0 bridgehead atoms. The van der Waals surface area contributed by atoms with Crippen LogP contribution in [0.25, 0.3) is 0 Å². The summed E-state index contributed by atoms with van der Waals surface area (Å²) < 4.78 is 2.07. The van der Waals surface area contributed by atoms with Gasteiger partial charge in [0.1, 0.15) is 6.79 Å². The predicted octanol–water partition coefficient (Wildman–Crippen LogP) is 5.26. The zero-order valence-corrected chi connectivity index (χ0v) is 11.1. The summed E-state index contributed by atoms with van der Waals surface area (Å²) in [6.07, 6.45) is 1.19. The first-order valence-corrected chi connectivity index (χ1v) is 6.47. The Labute approximate surface area is 122 Å². The van der Waals surface area contributed by atoms with E-state index in [4.69, 9.17) is 29.2 Å². The van der Waals surface area contributed by atoms with E-state index in [2.05, 4.69) is 0 Å². The lowest BCUT2D eigenvalue weighted by Crippen LogP contribution is -1.88. The maximum absolute atomic E-state index is 8.00. The van der Waals surface area contributed by atoms with Gasteiger partial charge in [-0.25, -0.2) is 0 Å². The fourth-order valence-corrected chi connectivity index (χ4v) is 2.33. The molecule has 0 spiro atoms. The molecule has 16 heavy (non-hydrogen) atoms. The lowest BCUT2D eigenvalue weighted by Gasteiger charge is -1.98. The van der Waals surface area contributed by atoms with E-state index in [1.807, 2.05) is 20.6 Å². The Morgan fingerprint density at radius 1 is 0.938 bits per heavy atom. The van der Waals surface area contributed by atoms with Gasteiger partial charge >= 0.3 is 0 Å². The lowest BCUT2D eigenvalue weighted by molar-refractivity contribution is -0.0979. The van der Waals surface area contributed by atoms with E-state index >= 15 is 0 Å². The lowest BCUT2D eigenvalue weighted by atomic mass is 10.6. The fourth-order valence-electron chi connectivity index (χ4n) is 0.491. The topological polar surface area (TPSA) is 17.1 Å². The number of thiocarbonyl (C=S) groups is 2. The SMILES string of the molecule is C.C.C.C=O.CC(=S)SCCCSC(C)=S. The van der Waals surface area contributed by atoms with E-state index < -0.39 is 0 Å². The summed E-state index contributed by atoms with van der Waals surface area (Å²) in [5, 5.41) is 0. The summed E-state index contributed by atoms with van der Waals surface area (Å²) >= 11 is 13.4. The standard InChI is InChI=1S/C7H12S4.CH2O.3CH4/c1-6(8)10-4-3-5-11-7(2)9;1-2;;;/h3-5H2,1-2H3;1H2;3*1H4. The molecule has 0 saturated heterocycles. The molecule has 0 aromatic carbocycles. The zero-order chi connectivity index (χ0) is 10.7. The number of hydrogen-bond donors (Lipinski definition) is 0. The van der Waals surface area contributed by atoms with Gasteiger partial charge in [0.15, 0.2) is 0 Å². The minimum Gasteiger partial charge on any atom is -0.307 e. The van der Waals surface area contributed by atoms with Crippen LogP contribution in [0.15, 0.2) is 0 Å². The van der Waals surface area contributed by atoms with Crippen LogP contribution in [0, 0.1) is 0 Å². The second-order valence-corrected chi connectivity index (χ2v) is 6.39. The molecule has 0 fully saturated rings. The number of hydrogen-bond acceptors (Lipinski definition) is 5. The molecule has 0 saturated carbocycles. The molecule has 100 valence electrons. The predicted molar refractivity (Wildman–Crippen MR) is 93.4 cm³/mol. The van der Waals surface area contributed by atoms with Gasteiger partial charge in [-0.1, -0.05) is 46.7 Å². The quantitative estimate of drug-likeness (QED) is 0.519. The molecular formula is C11H26OS4. The molecule has 0 aliphatic heterocycles. The zero-order valence-electron chi connectivity index (χ0n) is 7.87. The molecule has 0 aromatic rings. The average molecular weight is 303 g/mol. The summed E-state index contributed by atoms with van der Waals surface area (Å²) in [5.74, 6) is 2.26. The molecule has 0 aliphatic rings. The third-order valence-electron chi connectivity index (χ3n) is 0.899. The smallest absolute Gasteiger partial charge is 0.106 e. The van der Waals surface area contributed by atoms with Crippen LogP contribution in [0.5, 0.6) is 0 Å². The van der Waals surface area contributed by atoms with Crippen molar-refractivity contribution in [3.63, 3.8) is 0 Å². The van der Waals surface area contributed by atoms with Gasteiger partial charge in [-0.05, 0) is 31.8 Å². The van der Waals surface area contributed by atoms with Gasteiger partial charge < -0.3 is 4.79 Å². The van der Waals surface area contributed by atoms with Crippen LogP contribution in [0.4, 0.5) is 0 Å². The maximum atomic E-state index is 8.00. The van der Waals surface area contributed by atoms with Crippen molar-refractivity contribution in [3.8, 4) is 0 Å². The van der Waals surface area contributed by atoms with Gasteiger partial charge in [0.25, 0.3) is 0 Å². The molecule has 0 rings (SSSR count). The first-order chi connectivity index (χ1) is 6.13. The van der Waals surface area contributed by atoms with Crippen LogP contribution in [-0.4, -0.2) is 26.7 Å². The van der Waals surface area contributed by atoms with E-state index in [1.165, 1.54) is 6.42 Å². The molecule has 0 aliphatic carbocycles. The van der Waals surface area contributed by atoms with Crippen molar-refractivity contribution in [3.05, 3.63) is 0 Å². The molecule has 0 N–H and O–H groups in total. The molecule has 0 radical (unpaired) electrons. The van der Waals surface area contributed by atoms with Gasteiger partial charge in [-0.3, -0.25) is 0 Å². The molecule has 0 unspecified atom stereocenters. The second kappa shape index (κ2) is 24.7. The molecule has 5 heteroatoms. The van der Waals surface area contributed by atoms with Crippen LogP contribution >= 0.6 is 48.0 Å². The minimum absolute atomic E-state index is 0. The monoisotopic (exact) mass is 302 g/mol. The Kier molecular flexibility index (Phi) is 46.3. The third-order valence-corrected chi connectivity index (χ3v) is 3.41. The summed E-state index contributed by atoms with van der Waals surface area (Å²) in [5.41, 5.74) is 0. The van der Waals surface area contributed by atoms with Crippen LogP contribution < -0.4 is 0 Å². The highest BCUT2D eigenvalue weighted by atomic mass is 32.2. The highest BCUT2D eigenvalue weighted by molar-refractivity contribution is 8.23. The third kappa shape index (κ3) is 36.5. The Bertz CT molecular complexity index is 144. The minimum atomic E-state index is 0. The summed E-state index contributed by atoms with van der Waals surface area (Å²) in [7, 11) is 0. The van der Waals surface area contributed by atoms with E-state index in [0.29, 0.717) is 0 Å². The Balaban J connectivity index is -0.0000000760. The average Bonchev–Trinajstić information content (AvgIpc) is 2.06. The second-order valence-electron chi connectivity index (χ2n) is 2.03. The normalized spacial score (nSPS) is 6.88. The first-order valence-electron chi connectivity index (χ1n) is 3.68. The summed E-state index contributed by atoms with van der Waals surface area (Å²) in [6, 6.07) is 0. The van der Waals surface area contributed by atoms with Gasteiger partial charge in [-0.15, -0.1) is 23.5 Å². The van der Waals surface area contributed by atoms with E-state index in [1.54, 1.807) is 23.5 Å². The van der Waals surface area contributed by atoms with Crippen molar-refractivity contribution < 1.29 is 4.79 Å². The highest BCUT2D eigenvalue weighted by Gasteiger charge is 1.92. The van der Waals surface area contributed by atoms with Crippen LogP contribution in [0.1, 0.15) is 42.5 Å². The van der Waals surface area contributed by atoms with E-state index in [0.717, 1.165) is 19.9 Å². The van der Waals surface area contributed by atoms with Gasteiger partial charge in [0.05, 0.1) is 0 Å². The number of rotatable bonds is 4. The van der Waals surface area contributed by atoms with Gasteiger partial charge in [0.2, 0.25) is 0 Å². The molecule has 0 amide bonds. The Morgan fingerprint density at radius 2 is 1.19 bits per heavy atom. The van der Waals surface area contributed by atoms with Crippen LogP contribution in [0.3, 0.4) is 0 Å². The van der Waals surface area contributed by atoms with Crippen molar-refractivity contribution in [1.82, 2.24) is 0 Å². The van der Waals surface area contributed by atoms with E-state index in [-0.39, 0.29) is 22.3 Å². The Morgan fingerprint density at radius 3 is 1.38 bits per heavy atom. The largest absolute Gasteiger partial charge is 0.307 e. The molecule has 0 aromatic heterocycles. The van der Waals surface area contributed by atoms with Gasteiger partial charge in [-0.2, -0.15) is 0 Å². The highest BCUT2D eigenvalue weighted by Crippen LogP contribution is 2.10. The maximum Gasteiger partial charge on any atom is 0.106 e. The van der Waals surface area contributed by atoms with Gasteiger partial charge in [0, 0.05) is 8.39 Å². The van der Waals surface area contributed by atoms with Crippen LogP contribution in [-0.2, 0) is 4.79 Å². The van der Waals surface area contributed by atoms with Crippen LogP contribution in [0.2, 0.25) is 0 Å². The van der Waals surface area contributed by atoms with Crippen molar-refractivity contribution in [1.29, 1.82) is 0 Å². The fraction of sp³-hybridized carbons (Fsp3) is 0.727. The summed E-state index contributed by atoms with van der Waals surface area (Å²) in [4.78, 5) is 8.00. The molecule has 0 atom stereocenters.